The number of carbonyl (C=O) groups excluding carboxylic acids is 3. The number of nitrogens with one attached hydrogen (secondary N) is 1. The highest BCUT2D eigenvalue weighted by atomic mass is 16.5. The number of ether oxygens (including phenoxy) is 1. The van der Waals surface area contributed by atoms with Gasteiger partial charge in [0.2, 0.25) is 11.8 Å². The Kier molecular flexibility index (Phi) is 4.50. The Morgan fingerprint density at radius 3 is 2.88 bits per heavy atom. The van der Waals surface area contributed by atoms with Gasteiger partial charge in [0.15, 0.2) is 0 Å². The van der Waals surface area contributed by atoms with Crippen LogP contribution in [0.3, 0.4) is 0 Å². The zero-order chi connectivity index (χ0) is 12.0. The number of piperazine rings is 1. The van der Waals surface area contributed by atoms with Gasteiger partial charge in [-0.25, -0.2) is 4.79 Å². The second kappa shape index (κ2) is 5.89. The SMILES string of the molecule is CCOC(=O)/C=C/C(=O)N1CCNC(=O)C1. The van der Waals surface area contributed by atoms with Gasteiger partial charge in [-0.2, -0.15) is 0 Å². The summed E-state index contributed by atoms with van der Waals surface area (Å²) in [5.74, 6) is -1.11. The van der Waals surface area contributed by atoms with E-state index in [1.54, 1.807) is 6.92 Å². The summed E-state index contributed by atoms with van der Waals surface area (Å²) in [5, 5.41) is 2.60. The maximum Gasteiger partial charge on any atom is 0.330 e. The molecule has 1 N–H and O–H groups in total. The second-order valence-electron chi connectivity index (χ2n) is 3.20. The van der Waals surface area contributed by atoms with Crippen LogP contribution in [0.4, 0.5) is 0 Å². The molecule has 6 nitrogen and oxygen atoms in total. The van der Waals surface area contributed by atoms with Crippen molar-refractivity contribution in [2.45, 2.75) is 6.92 Å². The fourth-order valence-electron chi connectivity index (χ4n) is 1.26. The van der Waals surface area contributed by atoms with E-state index in [1.807, 2.05) is 0 Å². The van der Waals surface area contributed by atoms with Gasteiger partial charge in [0.25, 0.3) is 0 Å². The average molecular weight is 226 g/mol. The summed E-state index contributed by atoms with van der Waals surface area (Å²) in [4.78, 5) is 34.8. The first-order chi connectivity index (χ1) is 7.63. The summed E-state index contributed by atoms with van der Waals surface area (Å²) in [5.41, 5.74) is 0. The number of amides is 2. The summed E-state index contributed by atoms with van der Waals surface area (Å²) >= 11 is 0. The van der Waals surface area contributed by atoms with E-state index in [4.69, 9.17) is 0 Å². The predicted octanol–water partition coefficient (Wildman–Crippen LogP) is -0.936. The first-order valence-corrected chi connectivity index (χ1v) is 5.04. The molecule has 0 atom stereocenters. The Morgan fingerprint density at radius 2 is 2.25 bits per heavy atom. The maximum absolute atomic E-state index is 11.5. The van der Waals surface area contributed by atoms with E-state index >= 15 is 0 Å². The summed E-state index contributed by atoms with van der Waals surface area (Å²) in [6.45, 7) is 2.88. The highest BCUT2D eigenvalue weighted by molar-refractivity contribution is 5.96. The zero-order valence-corrected chi connectivity index (χ0v) is 9.06. The van der Waals surface area contributed by atoms with Crippen LogP contribution >= 0.6 is 0 Å². The van der Waals surface area contributed by atoms with Gasteiger partial charge in [-0.15, -0.1) is 0 Å². The van der Waals surface area contributed by atoms with Gasteiger partial charge in [0.1, 0.15) is 0 Å². The van der Waals surface area contributed by atoms with Gasteiger partial charge in [0, 0.05) is 25.2 Å². The lowest BCUT2D eigenvalue weighted by Gasteiger charge is -2.25. The van der Waals surface area contributed by atoms with Crippen molar-refractivity contribution in [1.29, 1.82) is 0 Å². The molecule has 0 bridgehead atoms. The standard InChI is InChI=1S/C10H14N2O4/c1-2-16-10(15)4-3-9(14)12-6-5-11-8(13)7-12/h3-4H,2,5-7H2,1H3,(H,11,13)/b4-3+. The monoisotopic (exact) mass is 226 g/mol. The molecule has 0 radical (unpaired) electrons. The molecule has 0 saturated carbocycles. The number of rotatable bonds is 3. The third kappa shape index (κ3) is 3.72. The number of hydrogen-bond donors (Lipinski definition) is 1. The molecule has 0 spiro atoms. The van der Waals surface area contributed by atoms with Crippen LogP contribution in [0, 0.1) is 0 Å². The highest BCUT2D eigenvalue weighted by Gasteiger charge is 2.19. The molecule has 6 heteroatoms. The van der Waals surface area contributed by atoms with Crippen molar-refractivity contribution in [3.05, 3.63) is 12.2 Å². The van der Waals surface area contributed by atoms with Crippen molar-refractivity contribution in [2.75, 3.05) is 26.2 Å². The molecule has 1 aliphatic heterocycles. The Balaban J connectivity index is 2.45. The topological polar surface area (TPSA) is 75.7 Å². The molecule has 0 aromatic heterocycles. The molecule has 0 aromatic carbocycles. The van der Waals surface area contributed by atoms with Crippen molar-refractivity contribution >= 4 is 17.8 Å². The highest BCUT2D eigenvalue weighted by Crippen LogP contribution is 1.96. The lowest BCUT2D eigenvalue weighted by Crippen LogP contribution is -2.49. The lowest BCUT2D eigenvalue weighted by atomic mass is 10.3. The summed E-state index contributed by atoms with van der Waals surface area (Å²) in [6.07, 6.45) is 2.19. The quantitative estimate of drug-likeness (QED) is 0.498. The molecular formula is C10H14N2O4. The van der Waals surface area contributed by atoms with E-state index < -0.39 is 5.97 Å². The largest absolute Gasteiger partial charge is 0.463 e. The molecule has 1 aliphatic rings. The first-order valence-electron chi connectivity index (χ1n) is 5.04. The number of hydrogen-bond acceptors (Lipinski definition) is 4. The zero-order valence-electron chi connectivity index (χ0n) is 9.06. The Morgan fingerprint density at radius 1 is 1.50 bits per heavy atom. The minimum absolute atomic E-state index is 0.0337. The first kappa shape index (κ1) is 12.2. The van der Waals surface area contributed by atoms with Gasteiger partial charge in [-0.1, -0.05) is 0 Å². The maximum atomic E-state index is 11.5. The van der Waals surface area contributed by atoms with Gasteiger partial charge in [0.05, 0.1) is 13.2 Å². The normalized spacial score (nSPS) is 16.1. The fourth-order valence-corrected chi connectivity index (χ4v) is 1.26. The molecule has 1 rings (SSSR count). The summed E-state index contributed by atoms with van der Waals surface area (Å²) in [7, 11) is 0. The van der Waals surface area contributed by atoms with Crippen LogP contribution in [0.2, 0.25) is 0 Å². The van der Waals surface area contributed by atoms with E-state index in [0.717, 1.165) is 12.2 Å². The fraction of sp³-hybridized carbons (Fsp3) is 0.500. The van der Waals surface area contributed by atoms with Crippen molar-refractivity contribution < 1.29 is 19.1 Å². The molecule has 1 heterocycles. The van der Waals surface area contributed by atoms with Gasteiger partial charge in [-0.05, 0) is 6.92 Å². The van der Waals surface area contributed by atoms with Crippen LogP contribution < -0.4 is 5.32 Å². The second-order valence-corrected chi connectivity index (χ2v) is 3.20. The Hall–Kier alpha value is -1.85. The minimum Gasteiger partial charge on any atom is -0.463 e. The Bertz CT molecular complexity index is 325. The molecule has 88 valence electrons. The van der Waals surface area contributed by atoms with Crippen LogP contribution in [-0.2, 0) is 19.1 Å². The van der Waals surface area contributed by atoms with Crippen molar-refractivity contribution in [2.24, 2.45) is 0 Å². The number of esters is 1. The number of carbonyl (C=O) groups is 3. The summed E-state index contributed by atoms with van der Waals surface area (Å²) in [6, 6.07) is 0. The molecule has 1 saturated heterocycles. The third-order valence-electron chi connectivity index (χ3n) is 2.00. The van der Waals surface area contributed by atoms with Crippen molar-refractivity contribution in [1.82, 2.24) is 10.2 Å². The van der Waals surface area contributed by atoms with Crippen molar-refractivity contribution in [3.63, 3.8) is 0 Å². The molecule has 0 aliphatic carbocycles. The lowest BCUT2D eigenvalue weighted by molar-refractivity contribution is -0.138. The van der Waals surface area contributed by atoms with E-state index in [1.165, 1.54) is 4.90 Å². The van der Waals surface area contributed by atoms with Crippen LogP contribution in [0.1, 0.15) is 6.92 Å². The molecular weight excluding hydrogens is 212 g/mol. The van der Waals surface area contributed by atoms with E-state index in [2.05, 4.69) is 10.1 Å². The van der Waals surface area contributed by atoms with Crippen LogP contribution in [0.15, 0.2) is 12.2 Å². The van der Waals surface area contributed by atoms with Gasteiger partial charge < -0.3 is 15.0 Å². The smallest absolute Gasteiger partial charge is 0.330 e. The van der Waals surface area contributed by atoms with E-state index in [-0.39, 0.29) is 25.0 Å². The Labute approximate surface area is 93.2 Å². The van der Waals surface area contributed by atoms with E-state index in [0.29, 0.717) is 13.1 Å². The van der Waals surface area contributed by atoms with Crippen LogP contribution in [0.25, 0.3) is 0 Å². The average Bonchev–Trinajstić information content (AvgIpc) is 2.26. The van der Waals surface area contributed by atoms with Gasteiger partial charge in [-0.3, -0.25) is 9.59 Å². The minimum atomic E-state index is -0.558. The molecule has 1 fully saturated rings. The third-order valence-corrected chi connectivity index (χ3v) is 2.00. The van der Waals surface area contributed by atoms with E-state index in [9.17, 15) is 14.4 Å². The molecule has 0 aromatic rings. The summed E-state index contributed by atoms with van der Waals surface area (Å²) < 4.78 is 4.62. The van der Waals surface area contributed by atoms with Crippen molar-refractivity contribution in [3.8, 4) is 0 Å². The van der Waals surface area contributed by atoms with Crippen LogP contribution in [-0.4, -0.2) is 48.9 Å². The molecule has 2 amide bonds. The molecule has 0 unspecified atom stereocenters. The molecule has 16 heavy (non-hydrogen) atoms. The number of nitrogens with zero attached hydrogens (tertiary/aromatic N) is 1. The van der Waals surface area contributed by atoms with Gasteiger partial charge >= 0.3 is 5.97 Å². The van der Waals surface area contributed by atoms with Crippen LogP contribution in [0.5, 0.6) is 0 Å². The predicted molar refractivity (Wildman–Crippen MR) is 55.4 cm³/mol.